The molecule has 19 heavy (non-hydrogen) atoms. The molecule has 2 rings (SSSR count). The van der Waals surface area contributed by atoms with E-state index in [1.807, 2.05) is 13.0 Å². The molecule has 0 atom stereocenters. The van der Waals surface area contributed by atoms with Gasteiger partial charge < -0.3 is 4.90 Å². The van der Waals surface area contributed by atoms with E-state index in [0.29, 0.717) is 5.03 Å². The van der Waals surface area contributed by atoms with E-state index < -0.39 is 0 Å². The van der Waals surface area contributed by atoms with Gasteiger partial charge in [0.15, 0.2) is 0 Å². The lowest BCUT2D eigenvalue weighted by atomic mass is 9.92. The standard InChI is InChI=1S/C16H25ClN2/c1-3-5-16(18-12-15(17)4-2)19-10-8-14(9-11-19)13-6-7-13/h4-5,12-14H,3,6-11H2,1-2H3/b15-4+,16-5-,18-12-. The van der Waals surface area contributed by atoms with Gasteiger partial charge in [0, 0.05) is 19.3 Å². The molecule has 1 heterocycles. The number of hydrogen-bond acceptors (Lipinski definition) is 2. The van der Waals surface area contributed by atoms with Crippen LogP contribution in [0.15, 0.2) is 28.0 Å². The van der Waals surface area contributed by atoms with Gasteiger partial charge in [-0.05, 0) is 56.9 Å². The molecule has 106 valence electrons. The Bertz CT molecular complexity index is 372. The van der Waals surface area contributed by atoms with Crippen LogP contribution in [0.1, 0.15) is 46.0 Å². The average Bonchev–Trinajstić information content (AvgIpc) is 3.28. The zero-order chi connectivity index (χ0) is 13.7. The second-order valence-corrected chi connectivity index (χ2v) is 6.00. The van der Waals surface area contributed by atoms with Crippen molar-refractivity contribution in [2.24, 2.45) is 16.8 Å². The smallest absolute Gasteiger partial charge is 0.124 e. The molecule has 0 aromatic rings. The second kappa shape index (κ2) is 7.14. The quantitative estimate of drug-likeness (QED) is 0.674. The lowest BCUT2D eigenvalue weighted by molar-refractivity contribution is 0.209. The summed E-state index contributed by atoms with van der Waals surface area (Å²) in [6, 6.07) is 0. The normalized spacial score (nSPS) is 23.4. The molecular weight excluding hydrogens is 256 g/mol. The first kappa shape index (κ1) is 14.6. The third-order valence-electron chi connectivity index (χ3n) is 4.13. The summed E-state index contributed by atoms with van der Waals surface area (Å²) in [6.07, 6.45) is 12.5. The van der Waals surface area contributed by atoms with Crippen LogP contribution < -0.4 is 0 Å². The number of rotatable bonds is 5. The van der Waals surface area contributed by atoms with E-state index in [0.717, 1.165) is 37.2 Å². The summed E-state index contributed by atoms with van der Waals surface area (Å²) in [5.41, 5.74) is 0. The lowest BCUT2D eigenvalue weighted by Crippen LogP contribution is -2.33. The number of aliphatic imine (C=N–C) groups is 1. The maximum absolute atomic E-state index is 5.99. The Morgan fingerprint density at radius 1 is 1.21 bits per heavy atom. The molecule has 0 aromatic carbocycles. The van der Waals surface area contributed by atoms with Crippen molar-refractivity contribution < 1.29 is 0 Å². The van der Waals surface area contributed by atoms with Crippen LogP contribution in [0, 0.1) is 11.8 Å². The van der Waals surface area contributed by atoms with Crippen molar-refractivity contribution in [3.05, 3.63) is 23.0 Å². The van der Waals surface area contributed by atoms with Crippen LogP contribution in [0.2, 0.25) is 0 Å². The Balaban J connectivity index is 1.92. The van der Waals surface area contributed by atoms with E-state index in [9.17, 15) is 0 Å². The van der Waals surface area contributed by atoms with Crippen LogP contribution in [-0.4, -0.2) is 24.2 Å². The molecule has 2 nitrogen and oxygen atoms in total. The maximum atomic E-state index is 5.99. The number of hydrogen-bond donors (Lipinski definition) is 0. The predicted molar refractivity (Wildman–Crippen MR) is 83.5 cm³/mol. The van der Waals surface area contributed by atoms with Gasteiger partial charge >= 0.3 is 0 Å². The fourth-order valence-corrected chi connectivity index (χ4v) is 2.86. The Morgan fingerprint density at radius 2 is 1.84 bits per heavy atom. The fraction of sp³-hybridized carbons (Fsp3) is 0.688. The predicted octanol–water partition coefficient (Wildman–Crippen LogP) is 4.57. The minimum Gasteiger partial charge on any atom is -0.357 e. The highest BCUT2D eigenvalue weighted by Crippen LogP contribution is 2.42. The molecule has 1 aliphatic heterocycles. The Hall–Kier alpha value is -0.760. The molecule has 2 aliphatic rings. The molecule has 1 saturated heterocycles. The van der Waals surface area contributed by atoms with Crippen molar-refractivity contribution in [3.8, 4) is 0 Å². The van der Waals surface area contributed by atoms with E-state index in [2.05, 4.69) is 22.9 Å². The molecule has 1 aliphatic carbocycles. The summed E-state index contributed by atoms with van der Waals surface area (Å²) in [4.78, 5) is 6.97. The number of halogens is 1. The van der Waals surface area contributed by atoms with Crippen LogP contribution >= 0.6 is 11.6 Å². The van der Waals surface area contributed by atoms with Gasteiger partial charge in [0.1, 0.15) is 5.82 Å². The Labute approximate surface area is 122 Å². The van der Waals surface area contributed by atoms with Gasteiger partial charge in [-0.2, -0.15) is 0 Å². The SMILES string of the molecule is C\C=C(Cl)/C=N\C(=C\CC)N1CCC(C2CC2)CC1. The molecule has 0 aromatic heterocycles. The van der Waals surface area contributed by atoms with Crippen molar-refractivity contribution in [1.82, 2.24) is 4.90 Å². The van der Waals surface area contributed by atoms with Crippen LogP contribution in [0.3, 0.4) is 0 Å². The zero-order valence-corrected chi connectivity index (χ0v) is 12.9. The largest absolute Gasteiger partial charge is 0.357 e. The molecule has 3 heteroatoms. The second-order valence-electron chi connectivity index (χ2n) is 5.56. The first-order valence-electron chi connectivity index (χ1n) is 7.55. The highest BCUT2D eigenvalue weighted by molar-refractivity contribution is 6.39. The van der Waals surface area contributed by atoms with Gasteiger partial charge in [-0.3, -0.25) is 0 Å². The van der Waals surface area contributed by atoms with Gasteiger partial charge in [-0.15, -0.1) is 0 Å². The summed E-state index contributed by atoms with van der Waals surface area (Å²) in [6.45, 7) is 6.39. The number of nitrogens with zero attached hydrogens (tertiary/aromatic N) is 2. The van der Waals surface area contributed by atoms with Crippen LogP contribution in [-0.2, 0) is 0 Å². The summed E-state index contributed by atoms with van der Waals surface area (Å²) in [5, 5.41) is 0.704. The molecule has 0 spiro atoms. The van der Waals surface area contributed by atoms with Crippen molar-refractivity contribution in [2.75, 3.05) is 13.1 Å². The van der Waals surface area contributed by atoms with Gasteiger partial charge in [0.05, 0.1) is 5.03 Å². The van der Waals surface area contributed by atoms with Gasteiger partial charge in [0.25, 0.3) is 0 Å². The molecular formula is C16H25ClN2. The number of piperidine rings is 1. The van der Waals surface area contributed by atoms with Crippen molar-refractivity contribution in [2.45, 2.75) is 46.0 Å². The van der Waals surface area contributed by atoms with Crippen LogP contribution in [0.25, 0.3) is 0 Å². The van der Waals surface area contributed by atoms with E-state index >= 15 is 0 Å². The minimum absolute atomic E-state index is 0.704. The molecule has 0 unspecified atom stereocenters. The van der Waals surface area contributed by atoms with Crippen LogP contribution in [0.5, 0.6) is 0 Å². The van der Waals surface area contributed by atoms with Gasteiger partial charge in [0.2, 0.25) is 0 Å². The Morgan fingerprint density at radius 3 is 2.37 bits per heavy atom. The van der Waals surface area contributed by atoms with Crippen LogP contribution in [0.4, 0.5) is 0 Å². The molecule has 2 fully saturated rings. The molecule has 0 N–H and O–H groups in total. The topological polar surface area (TPSA) is 15.6 Å². The highest BCUT2D eigenvalue weighted by atomic mass is 35.5. The van der Waals surface area contributed by atoms with Crippen molar-refractivity contribution in [3.63, 3.8) is 0 Å². The zero-order valence-electron chi connectivity index (χ0n) is 12.1. The van der Waals surface area contributed by atoms with Crippen molar-refractivity contribution >= 4 is 17.8 Å². The molecule has 0 amide bonds. The van der Waals surface area contributed by atoms with Gasteiger partial charge in [-0.25, -0.2) is 4.99 Å². The van der Waals surface area contributed by atoms with Crippen molar-refractivity contribution in [1.29, 1.82) is 0 Å². The fourth-order valence-electron chi connectivity index (χ4n) is 2.82. The Kier molecular flexibility index (Phi) is 5.50. The average molecular weight is 281 g/mol. The third-order valence-corrected chi connectivity index (χ3v) is 4.45. The number of likely N-dealkylation sites (tertiary alicyclic amines) is 1. The minimum atomic E-state index is 0.704. The maximum Gasteiger partial charge on any atom is 0.124 e. The number of allylic oxidation sites excluding steroid dienone is 3. The first-order chi connectivity index (χ1) is 9.24. The van der Waals surface area contributed by atoms with E-state index in [-0.39, 0.29) is 0 Å². The molecule has 0 bridgehead atoms. The highest BCUT2D eigenvalue weighted by Gasteiger charge is 2.33. The lowest BCUT2D eigenvalue weighted by Gasteiger charge is -2.33. The monoisotopic (exact) mass is 280 g/mol. The van der Waals surface area contributed by atoms with E-state index in [1.165, 1.54) is 25.7 Å². The molecule has 0 radical (unpaired) electrons. The summed E-state index contributed by atoms with van der Waals surface area (Å²) in [5.74, 6) is 3.11. The van der Waals surface area contributed by atoms with Gasteiger partial charge in [-0.1, -0.05) is 24.6 Å². The van der Waals surface area contributed by atoms with E-state index in [4.69, 9.17) is 11.6 Å². The molecule has 1 saturated carbocycles. The van der Waals surface area contributed by atoms with E-state index in [1.54, 1.807) is 6.21 Å². The first-order valence-corrected chi connectivity index (χ1v) is 7.93. The summed E-state index contributed by atoms with van der Waals surface area (Å²) < 4.78 is 0. The third kappa shape index (κ3) is 4.38. The summed E-state index contributed by atoms with van der Waals surface area (Å²) in [7, 11) is 0. The summed E-state index contributed by atoms with van der Waals surface area (Å²) >= 11 is 5.99.